The third-order valence-corrected chi connectivity index (χ3v) is 5.96. The van der Waals surface area contributed by atoms with E-state index in [1.165, 1.54) is 27.1 Å². The van der Waals surface area contributed by atoms with E-state index >= 15 is 0 Å². The van der Waals surface area contributed by atoms with E-state index in [2.05, 4.69) is 71.3 Å². The number of guanidine groups is 1. The van der Waals surface area contributed by atoms with E-state index in [1.807, 2.05) is 4.90 Å². The van der Waals surface area contributed by atoms with Crippen LogP contribution in [0.1, 0.15) is 35.1 Å². The number of carbonyl (C=O) groups is 1. The van der Waals surface area contributed by atoms with E-state index in [4.69, 9.17) is 0 Å². The first kappa shape index (κ1) is 21.2. The van der Waals surface area contributed by atoms with Crippen LogP contribution in [0.2, 0.25) is 0 Å². The van der Waals surface area contributed by atoms with Gasteiger partial charge in [-0.3, -0.25) is 9.79 Å². The van der Waals surface area contributed by atoms with Crippen molar-refractivity contribution < 1.29 is 4.79 Å². The Bertz CT molecular complexity index is 864. The van der Waals surface area contributed by atoms with E-state index in [-0.39, 0.29) is 5.91 Å². The first-order chi connectivity index (χ1) is 14.1. The second-order valence-electron chi connectivity index (χ2n) is 7.33. The summed E-state index contributed by atoms with van der Waals surface area (Å²) in [6.45, 7) is 5.14. The number of aliphatic imine (C=N–C) groups is 1. The topological polar surface area (TPSA) is 56.7 Å². The molecule has 1 fully saturated rings. The molecule has 3 rings (SSSR count). The van der Waals surface area contributed by atoms with E-state index in [1.54, 1.807) is 18.8 Å². The number of nitrogens with one attached hydrogen (secondary N) is 2. The normalized spacial score (nSPS) is 14.4. The molecular weight excluding hydrogens is 380 g/mol. The predicted octanol–water partition coefficient (Wildman–Crippen LogP) is 3.70. The fourth-order valence-electron chi connectivity index (χ4n) is 3.44. The summed E-state index contributed by atoms with van der Waals surface area (Å²) in [5.41, 5.74) is 4.91. The van der Waals surface area contributed by atoms with Gasteiger partial charge in [-0.15, -0.1) is 11.8 Å². The van der Waals surface area contributed by atoms with Crippen LogP contribution in [0.3, 0.4) is 0 Å². The van der Waals surface area contributed by atoms with Gasteiger partial charge in [-0.1, -0.05) is 36.4 Å². The SMILES string of the molecule is CN=C(NCc1ccc(CN2CCCC2=O)cc1)NCc1ccc(C)cc1SC. The van der Waals surface area contributed by atoms with Gasteiger partial charge in [0.25, 0.3) is 0 Å². The zero-order valence-electron chi connectivity index (χ0n) is 17.5. The molecular formula is C23H30N4OS. The van der Waals surface area contributed by atoms with Gasteiger partial charge in [0.1, 0.15) is 0 Å². The lowest BCUT2D eigenvalue weighted by molar-refractivity contribution is -0.128. The highest BCUT2D eigenvalue weighted by molar-refractivity contribution is 7.98. The molecule has 154 valence electrons. The van der Waals surface area contributed by atoms with Crippen molar-refractivity contribution in [1.82, 2.24) is 15.5 Å². The average Bonchev–Trinajstić information content (AvgIpc) is 3.14. The maximum absolute atomic E-state index is 11.8. The van der Waals surface area contributed by atoms with Crippen LogP contribution in [0, 0.1) is 6.92 Å². The van der Waals surface area contributed by atoms with Crippen molar-refractivity contribution in [3.63, 3.8) is 0 Å². The molecule has 0 bridgehead atoms. The van der Waals surface area contributed by atoms with Crippen molar-refractivity contribution in [3.8, 4) is 0 Å². The van der Waals surface area contributed by atoms with Crippen LogP contribution in [0.4, 0.5) is 0 Å². The molecule has 0 aliphatic carbocycles. The Morgan fingerprint density at radius 1 is 1.10 bits per heavy atom. The quantitative estimate of drug-likeness (QED) is 0.415. The molecule has 1 amide bonds. The molecule has 5 nitrogen and oxygen atoms in total. The van der Waals surface area contributed by atoms with Crippen LogP contribution in [0.25, 0.3) is 0 Å². The van der Waals surface area contributed by atoms with Crippen molar-refractivity contribution in [2.75, 3.05) is 19.8 Å². The molecule has 2 aromatic rings. The van der Waals surface area contributed by atoms with Gasteiger partial charge in [0.15, 0.2) is 5.96 Å². The third kappa shape index (κ3) is 6.00. The number of aryl methyl sites for hydroxylation is 1. The number of hydrogen-bond donors (Lipinski definition) is 2. The molecule has 2 aromatic carbocycles. The molecule has 0 radical (unpaired) electrons. The number of benzene rings is 2. The zero-order valence-corrected chi connectivity index (χ0v) is 18.3. The largest absolute Gasteiger partial charge is 0.352 e. The Balaban J connectivity index is 1.49. The first-order valence-electron chi connectivity index (χ1n) is 10.0. The van der Waals surface area contributed by atoms with E-state index in [0.29, 0.717) is 19.5 Å². The van der Waals surface area contributed by atoms with Crippen molar-refractivity contribution >= 4 is 23.6 Å². The number of nitrogens with zero attached hydrogens (tertiary/aromatic N) is 2. The minimum atomic E-state index is 0.267. The summed E-state index contributed by atoms with van der Waals surface area (Å²) < 4.78 is 0. The van der Waals surface area contributed by atoms with Crippen LogP contribution in [-0.2, 0) is 24.4 Å². The van der Waals surface area contributed by atoms with E-state index < -0.39 is 0 Å². The maximum Gasteiger partial charge on any atom is 0.222 e. The first-order valence-corrected chi connectivity index (χ1v) is 11.2. The Morgan fingerprint density at radius 2 is 1.83 bits per heavy atom. The molecule has 0 unspecified atom stereocenters. The number of likely N-dealkylation sites (tertiary alicyclic amines) is 1. The summed E-state index contributed by atoms with van der Waals surface area (Å²) in [6, 6.07) is 15.0. The van der Waals surface area contributed by atoms with Crippen LogP contribution in [0.15, 0.2) is 52.4 Å². The van der Waals surface area contributed by atoms with Crippen molar-refractivity contribution in [2.45, 2.75) is 44.3 Å². The summed E-state index contributed by atoms with van der Waals surface area (Å²) in [7, 11) is 1.79. The van der Waals surface area contributed by atoms with Crippen molar-refractivity contribution in [3.05, 3.63) is 64.7 Å². The Morgan fingerprint density at radius 3 is 2.48 bits per heavy atom. The third-order valence-electron chi connectivity index (χ3n) is 5.14. The molecule has 0 spiro atoms. The van der Waals surface area contributed by atoms with Crippen LogP contribution < -0.4 is 10.6 Å². The number of amides is 1. The second-order valence-corrected chi connectivity index (χ2v) is 8.18. The molecule has 0 saturated carbocycles. The summed E-state index contributed by atoms with van der Waals surface area (Å²) in [6.07, 6.45) is 3.78. The number of thioether (sulfide) groups is 1. The zero-order chi connectivity index (χ0) is 20.6. The molecule has 1 aliphatic heterocycles. The second kappa shape index (κ2) is 10.3. The van der Waals surface area contributed by atoms with Gasteiger partial charge in [0.2, 0.25) is 5.91 Å². The highest BCUT2D eigenvalue weighted by Crippen LogP contribution is 2.21. The Kier molecular flexibility index (Phi) is 7.58. The van der Waals surface area contributed by atoms with Gasteiger partial charge in [-0.2, -0.15) is 0 Å². The lowest BCUT2D eigenvalue weighted by Crippen LogP contribution is -2.36. The molecule has 2 N–H and O–H groups in total. The fourth-order valence-corrected chi connectivity index (χ4v) is 4.14. The van der Waals surface area contributed by atoms with Crippen LogP contribution in [0.5, 0.6) is 0 Å². The summed E-state index contributed by atoms with van der Waals surface area (Å²) in [5.74, 6) is 1.05. The van der Waals surface area contributed by atoms with Gasteiger partial charge in [-0.25, -0.2) is 0 Å². The number of carbonyl (C=O) groups excluding carboxylic acids is 1. The maximum atomic E-state index is 11.8. The van der Waals surface area contributed by atoms with Gasteiger partial charge in [0, 0.05) is 44.5 Å². The number of hydrogen-bond acceptors (Lipinski definition) is 3. The van der Waals surface area contributed by atoms with Gasteiger partial charge >= 0.3 is 0 Å². The number of rotatable bonds is 7. The predicted molar refractivity (Wildman–Crippen MR) is 121 cm³/mol. The molecule has 1 heterocycles. The van der Waals surface area contributed by atoms with Crippen molar-refractivity contribution in [2.24, 2.45) is 4.99 Å². The molecule has 29 heavy (non-hydrogen) atoms. The van der Waals surface area contributed by atoms with Crippen LogP contribution >= 0.6 is 11.8 Å². The molecule has 6 heteroatoms. The minimum Gasteiger partial charge on any atom is -0.352 e. The lowest BCUT2D eigenvalue weighted by Gasteiger charge is -2.16. The highest BCUT2D eigenvalue weighted by atomic mass is 32.2. The minimum absolute atomic E-state index is 0.267. The summed E-state index contributed by atoms with van der Waals surface area (Å²) in [5, 5.41) is 6.77. The lowest BCUT2D eigenvalue weighted by atomic mass is 10.1. The molecule has 1 saturated heterocycles. The standard InChI is InChI=1S/C23H30N4OS/c1-17-6-11-20(21(13-17)29-3)15-26-23(24-2)25-14-18-7-9-19(10-8-18)16-27-12-4-5-22(27)28/h6-11,13H,4-5,12,14-16H2,1-3H3,(H2,24,25,26). The Labute approximate surface area is 178 Å². The Hall–Kier alpha value is -2.47. The van der Waals surface area contributed by atoms with Gasteiger partial charge < -0.3 is 15.5 Å². The van der Waals surface area contributed by atoms with Crippen molar-refractivity contribution in [1.29, 1.82) is 0 Å². The monoisotopic (exact) mass is 410 g/mol. The smallest absolute Gasteiger partial charge is 0.222 e. The average molecular weight is 411 g/mol. The highest BCUT2D eigenvalue weighted by Gasteiger charge is 2.19. The van der Waals surface area contributed by atoms with E-state index in [9.17, 15) is 4.79 Å². The van der Waals surface area contributed by atoms with E-state index in [0.717, 1.165) is 25.5 Å². The van der Waals surface area contributed by atoms with Gasteiger partial charge in [0.05, 0.1) is 0 Å². The molecule has 0 atom stereocenters. The molecule has 0 aromatic heterocycles. The molecule has 1 aliphatic rings. The van der Waals surface area contributed by atoms with Crippen LogP contribution in [-0.4, -0.2) is 36.6 Å². The summed E-state index contributed by atoms with van der Waals surface area (Å²) >= 11 is 1.77. The summed E-state index contributed by atoms with van der Waals surface area (Å²) in [4.78, 5) is 19.3. The fraction of sp³-hybridized carbons (Fsp3) is 0.391. The van der Waals surface area contributed by atoms with Gasteiger partial charge in [-0.05, 0) is 47.9 Å².